The number of aromatic amines is 1. The van der Waals surface area contributed by atoms with Gasteiger partial charge in [-0.05, 0) is 56.2 Å². The number of benzene rings is 1. The maximum atomic E-state index is 12.1. The lowest BCUT2D eigenvalue weighted by molar-refractivity contribution is 0.270. The van der Waals surface area contributed by atoms with Gasteiger partial charge in [0.1, 0.15) is 5.69 Å². The summed E-state index contributed by atoms with van der Waals surface area (Å²) in [6.45, 7) is 6.89. The van der Waals surface area contributed by atoms with Gasteiger partial charge in [-0.25, -0.2) is 0 Å². The zero-order chi connectivity index (χ0) is 19.6. The van der Waals surface area contributed by atoms with Crippen LogP contribution >= 0.6 is 12.2 Å². The highest BCUT2D eigenvalue weighted by molar-refractivity contribution is 7.71. The van der Waals surface area contributed by atoms with E-state index in [0.29, 0.717) is 30.4 Å². The van der Waals surface area contributed by atoms with Crippen molar-refractivity contribution < 1.29 is 9.47 Å². The molecular weight excluding hydrogens is 364 g/mol. The van der Waals surface area contributed by atoms with Crippen LogP contribution in [0, 0.1) is 11.7 Å². The monoisotopic (exact) mass is 390 g/mol. The second kappa shape index (κ2) is 10.6. The molecule has 7 nitrogen and oxygen atoms in total. The smallest absolute Gasteiger partial charge is 0.296 e. The second-order valence-electron chi connectivity index (χ2n) is 6.02. The first-order chi connectivity index (χ1) is 13.1. The predicted molar refractivity (Wildman–Crippen MR) is 109 cm³/mol. The van der Waals surface area contributed by atoms with E-state index in [-0.39, 0.29) is 10.3 Å². The standard InChI is InChI=1S/C19H26N4O3S/c1-4-6-7-8-11-26-16-10-9-15(12-17(16)25-5-2)13-20-23-18(24)14(3)21-22-19(23)27/h9-10,12-13H,4-8,11H2,1-3H3,(H,22,27)/b20-13+. The largest absolute Gasteiger partial charge is 0.490 e. The molecule has 2 rings (SSSR count). The van der Waals surface area contributed by atoms with Gasteiger partial charge in [-0.3, -0.25) is 9.89 Å². The van der Waals surface area contributed by atoms with E-state index in [1.165, 1.54) is 12.8 Å². The van der Waals surface area contributed by atoms with Crippen LogP contribution in [-0.4, -0.2) is 34.3 Å². The van der Waals surface area contributed by atoms with Crippen LogP contribution in [0.25, 0.3) is 0 Å². The summed E-state index contributed by atoms with van der Waals surface area (Å²) < 4.78 is 12.8. The van der Waals surface area contributed by atoms with Crippen LogP contribution < -0.4 is 15.0 Å². The van der Waals surface area contributed by atoms with Gasteiger partial charge in [0.15, 0.2) is 11.5 Å². The lowest BCUT2D eigenvalue weighted by Gasteiger charge is -2.12. The fourth-order valence-electron chi connectivity index (χ4n) is 2.41. The van der Waals surface area contributed by atoms with Crippen molar-refractivity contribution in [3.8, 4) is 11.5 Å². The highest BCUT2D eigenvalue weighted by Gasteiger charge is 2.07. The van der Waals surface area contributed by atoms with Gasteiger partial charge in [0.05, 0.1) is 19.4 Å². The maximum absolute atomic E-state index is 12.1. The highest BCUT2D eigenvalue weighted by Crippen LogP contribution is 2.28. The van der Waals surface area contributed by atoms with Crippen LogP contribution in [0.3, 0.4) is 0 Å². The van der Waals surface area contributed by atoms with E-state index < -0.39 is 0 Å². The first kappa shape index (κ1) is 20.8. The van der Waals surface area contributed by atoms with Crippen molar-refractivity contribution in [2.45, 2.75) is 46.5 Å². The number of nitrogens with zero attached hydrogens (tertiary/aromatic N) is 3. The molecular formula is C19H26N4O3S. The third kappa shape index (κ3) is 6.02. The van der Waals surface area contributed by atoms with Crippen LogP contribution in [0.2, 0.25) is 0 Å². The molecule has 0 aliphatic rings. The summed E-state index contributed by atoms with van der Waals surface area (Å²) >= 11 is 5.07. The van der Waals surface area contributed by atoms with E-state index >= 15 is 0 Å². The number of ether oxygens (including phenoxy) is 2. The van der Waals surface area contributed by atoms with Gasteiger partial charge in [0.25, 0.3) is 5.56 Å². The number of aryl methyl sites for hydroxylation is 1. The van der Waals surface area contributed by atoms with Gasteiger partial charge in [-0.15, -0.1) is 0 Å². The van der Waals surface area contributed by atoms with Gasteiger partial charge in [-0.1, -0.05) is 26.2 Å². The number of unbranched alkanes of at least 4 members (excludes halogenated alkanes) is 3. The quantitative estimate of drug-likeness (QED) is 0.379. The zero-order valence-electron chi connectivity index (χ0n) is 16.0. The summed E-state index contributed by atoms with van der Waals surface area (Å²) in [5.74, 6) is 1.36. The van der Waals surface area contributed by atoms with Crippen LogP contribution in [0.4, 0.5) is 0 Å². The number of nitrogens with one attached hydrogen (secondary N) is 1. The molecule has 2 aromatic rings. The summed E-state index contributed by atoms with van der Waals surface area (Å²) in [6, 6.07) is 5.55. The minimum atomic E-state index is -0.355. The van der Waals surface area contributed by atoms with Gasteiger partial charge in [0, 0.05) is 0 Å². The molecule has 27 heavy (non-hydrogen) atoms. The number of hydrogen-bond donors (Lipinski definition) is 1. The van der Waals surface area contributed by atoms with Crippen LogP contribution in [0.5, 0.6) is 11.5 Å². The first-order valence-corrected chi connectivity index (χ1v) is 9.60. The van der Waals surface area contributed by atoms with Crippen LogP contribution in [0.15, 0.2) is 28.1 Å². The third-order valence-electron chi connectivity index (χ3n) is 3.86. The molecule has 1 aromatic carbocycles. The Kier molecular flexibility index (Phi) is 8.19. The Balaban J connectivity index is 2.16. The SMILES string of the molecule is CCCCCCOc1ccc(/C=N/n2c(=S)[nH]nc(C)c2=O)cc1OCC. The third-order valence-corrected chi connectivity index (χ3v) is 4.12. The van der Waals surface area contributed by atoms with E-state index in [1.807, 2.05) is 25.1 Å². The van der Waals surface area contributed by atoms with E-state index in [9.17, 15) is 4.79 Å². The molecule has 0 spiro atoms. The van der Waals surface area contributed by atoms with Crippen LogP contribution in [-0.2, 0) is 0 Å². The molecule has 0 aliphatic carbocycles. The van der Waals surface area contributed by atoms with Crippen molar-refractivity contribution in [1.82, 2.24) is 14.9 Å². The Morgan fingerprint density at radius 2 is 2.04 bits per heavy atom. The fraction of sp³-hybridized carbons (Fsp3) is 0.474. The topological polar surface area (TPSA) is 81.5 Å². The second-order valence-corrected chi connectivity index (χ2v) is 6.41. The number of hydrogen-bond acceptors (Lipinski definition) is 6. The summed E-state index contributed by atoms with van der Waals surface area (Å²) in [4.78, 5) is 12.1. The first-order valence-electron chi connectivity index (χ1n) is 9.19. The molecule has 0 bridgehead atoms. The maximum Gasteiger partial charge on any atom is 0.296 e. The minimum Gasteiger partial charge on any atom is -0.490 e. The number of aromatic nitrogens is 3. The molecule has 0 saturated carbocycles. The Morgan fingerprint density at radius 3 is 2.78 bits per heavy atom. The molecule has 1 N–H and O–H groups in total. The van der Waals surface area contributed by atoms with Gasteiger partial charge in [0.2, 0.25) is 4.77 Å². The Morgan fingerprint density at radius 1 is 1.22 bits per heavy atom. The predicted octanol–water partition coefficient (Wildman–Crippen LogP) is 3.85. The van der Waals surface area contributed by atoms with Gasteiger partial charge < -0.3 is 9.47 Å². The molecule has 0 atom stereocenters. The summed E-state index contributed by atoms with van der Waals surface area (Å²) in [6.07, 6.45) is 6.14. The molecule has 0 unspecified atom stereocenters. The summed E-state index contributed by atoms with van der Waals surface area (Å²) in [7, 11) is 0. The molecule has 146 valence electrons. The minimum absolute atomic E-state index is 0.138. The average Bonchev–Trinajstić information content (AvgIpc) is 2.66. The Hall–Kier alpha value is -2.48. The number of rotatable bonds is 10. The summed E-state index contributed by atoms with van der Waals surface area (Å²) in [5, 5.41) is 10.6. The van der Waals surface area contributed by atoms with E-state index in [1.54, 1.807) is 13.1 Å². The normalized spacial score (nSPS) is 11.1. The lowest BCUT2D eigenvalue weighted by Crippen LogP contribution is -2.22. The Labute approximate surface area is 164 Å². The lowest BCUT2D eigenvalue weighted by atomic mass is 10.2. The van der Waals surface area contributed by atoms with Crippen LogP contribution in [0.1, 0.15) is 50.8 Å². The van der Waals surface area contributed by atoms with E-state index in [0.717, 1.165) is 23.1 Å². The Bertz CT molecular complexity index is 889. The van der Waals surface area contributed by atoms with E-state index in [2.05, 4.69) is 22.2 Å². The molecule has 0 fully saturated rings. The fourth-order valence-corrected chi connectivity index (χ4v) is 2.58. The van der Waals surface area contributed by atoms with E-state index in [4.69, 9.17) is 21.7 Å². The zero-order valence-corrected chi connectivity index (χ0v) is 16.8. The van der Waals surface area contributed by atoms with Crippen molar-refractivity contribution >= 4 is 18.4 Å². The molecule has 0 radical (unpaired) electrons. The molecule has 0 amide bonds. The highest BCUT2D eigenvalue weighted by atomic mass is 32.1. The van der Waals surface area contributed by atoms with Crippen molar-refractivity contribution in [2.24, 2.45) is 5.10 Å². The van der Waals surface area contributed by atoms with Gasteiger partial charge >= 0.3 is 0 Å². The van der Waals surface area contributed by atoms with Crippen molar-refractivity contribution in [2.75, 3.05) is 13.2 Å². The van der Waals surface area contributed by atoms with Crippen molar-refractivity contribution in [3.63, 3.8) is 0 Å². The molecule has 0 saturated heterocycles. The van der Waals surface area contributed by atoms with Gasteiger partial charge in [-0.2, -0.15) is 14.9 Å². The average molecular weight is 391 g/mol. The van der Waals surface area contributed by atoms with Crippen molar-refractivity contribution in [1.29, 1.82) is 0 Å². The number of H-pyrrole nitrogens is 1. The summed E-state index contributed by atoms with van der Waals surface area (Å²) in [5.41, 5.74) is 0.710. The molecule has 8 heteroatoms. The van der Waals surface area contributed by atoms with Crippen molar-refractivity contribution in [3.05, 3.63) is 44.6 Å². The molecule has 0 aliphatic heterocycles. The molecule has 1 aromatic heterocycles. The molecule has 1 heterocycles.